The van der Waals surface area contributed by atoms with Crippen molar-refractivity contribution < 1.29 is 4.42 Å². The fraction of sp³-hybridized carbons (Fsp3) is 0.364. The number of rotatable bonds is 2. The van der Waals surface area contributed by atoms with Crippen molar-refractivity contribution in [2.75, 3.05) is 6.54 Å². The minimum absolute atomic E-state index is 0.0949. The van der Waals surface area contributed by atoms with Gasteiger partial charge in [0.2, 0.25) is 0 Å². The largest absolute Gasteiger partial charge is 0.417 e. The van der Waals surface area contributed by atoms with Crippen LogP contribution in [0.5, 0.6) is 0 Å². The number of H-pyrrole nitrogens is 1. The quantitative estimate of drug-likeness (QED) is 0.779. The van der Waals surface area contributed by atoms with Crippen LogP contribution in [-0.4, -0.2) is 11.5 Å². The van der Waals surface area contributed by atoms with Gasteiger partial charge in [-0.25, -0.2) is 4.79 Å². The molecular formula is C11H14N2O2. The molecular weight excluding hydrogens is 192 g/mol. The predicted molar refractivity (Wildman–Crippen MR) is 58.9 cm³/mol. The molecule has 0 aliphatic carbocycles. The van der Waals surface area contributed by atoms with E-state index in [9.17, 15) is 4.79 Å². The van der Waals surface area contributed by atoms with Gasteiger partial charge in [-0.05, 0) is 17.7 Å². The summed E-state index contributed by atoms with van der Waals surface area (Å²) in [7, 11) is 0. The number of oxazole rings is 1. The second-order valence-electron chi connectivity index (χ2n) is 4.31. The average molecular weight is 206 g/mol. The third kappa shape index (κ3) is 1.68. The van der Waals surface area contributed by atoms with Crippen molar-refractivity contribution in [1.82, 2.24) is 4.98 Å². The fourth-order valence-corrected chi connectivity index (χ4v) is 1.49. The summed E-state index contributed by atoms with van der Waals surface area (Å²) >= 11 is 0. The van der Waals surface area contributed by atoms with E-state index in [0.717, 1.165) is 11.1 Å². The second-order valence-corrected chi connectivity index (χ2v) is 4.31. The van der Waals surface area contributed by atoms with Gasteiger partial charge >= 0.3 is 5.76 Å². The lowest BCUT2D eigenvalue weighted by Gasteiger charge is -2.22. The molecule has 0 aliphatic rings. The van der Waals surface area contributed by atoms with Crippen LogP contribution in [0.3, 0.4) is 0 Å². The van der Waals surface area contributed by atoms with Crippen LogP contribution in [0.2, 0.25) is 0 Å². The number of nitrogens with one attached hydrogen (secondary N) is 1. The third-order valence-corrected chi connectivity index (χ3v) is 2.71. The summed E-state index contributed by atoms with van der Waals surface area (Å²) < 4.78 is 4.93. The summed E-state index contributed by atoms with van der Waals surface area (Å²) in [5.74, 6) is -0.423. The number of benzene rings is 1. The zero-order valence-corrected chi connectivity index (χ0v) is 8.83. The summed E-state index contributed by atoms with van der Waals surface area (Å²) in [6.07, 6.45) is 0. The normalized spacial score (nSPS) is 12.2. The smallest absolute Gasteiger partial charge is 0.408 e. The molecule has 0 saturated heterocycles. The van der Waals surface area contributed by atoms with E-state index in [-0.39, 0.29) is 5.41 Å². The summed E-state index contributed by atoms with van der Waals surface area (Å²) in [4.78, 5) is 13.6. The van der Waals surface area contributed by atoms with Crippen LogP contribution in [0.4, 0.5) is 0 Å². The molecule has 0 amide bonds. The topological polar surface area (TPSA) is 72.0 Å². The first kappa shape index (κ1) is 9.98. The van der Waals surface area contributed by atoms with E-state index in [1.165, 1.54) is 0 Å². The van der Waals surface area contributed by atoms with Gasteiger partial charge in [0.1, 0.15) is 0 Å². The summed E-state index contributed by atoms with van der Waals surface area (Å²) in [5, 5.41) is 0. The zero-order valence-electron chi connectivity index (χ0n) is 8.83. The molecule has 80 valence electrons. The molecule has 0 bridgehead atoms. The monoisotopic (exact) mass is 206 g/mol. The van der Waals surface area contributed by atoms with Crippen molar-refractivity contribution in [3.63, 3.8) is 0 Å². The highest BCUT2D eigenvalue weighted by Crippen LogP contribution is 2.24. The van der Waals surface area contributed by atoms with Crippen molar-refractivity contribution in [2.24, 2.45) is 5.73 Å². The van der Waals surface area contributed by atoms with Crippen LogP contribution >= 0.6 is 0 Å². The number of nitrogens with two attached hydrogens (primary N) is 1. The van der Waals surface area contributed by atoms with Gasteiger partial charge in [-0.1, -0.05) is 19.9 Å². The van der Waals surface area contributed by atoms with Gasteiger partial charge in [0.05, 0.1) is 5.52 Å². The molecule has 1 aromatic heterocycles. The Morgan fingerprint density at radius 3 is 2.87 bits per heavy atom. The first-order valence-electron chi connectivity index (χ1n) is 4.86. The Kier molecular flexibility index (Phi) is 2.16. The molecule has 0 aliphatic heterocycles. The molecule has 0 spiro atoms. The molecule has 0 saturated carbocycles. The predicted octanol–water partition coefficient (Wildman–Crippen LogP) is 1.36. The Morgan fingerprint density at radius 2 is 2.20 bits per heavy atom. The Bertz CT molecular complexity index is 537. The van der Waals surface area contributed by atoms with E-state index in [1.54, 1.807) is 6.07 Å². The van der Waals surface area contributed by atoms with Crippen molar-refractivity contribution in [2.45, 2.75) is 19.3 Å². The van der Waals surface area contributed by atoms with E-state index < -0.39 is 5.76 Å². The van der Waals surface area contributed by atoms with Gasteiger partial charge in [-0.3, -0.25) is 4.98 Å². The number of hydrogen-bond acceptors (Lipinski definition) is 3. The maximum Gasteiger partial charge on any atom is 0.417 e. The van der Waals surface area contributed by atoms with E-state index in [2.05, 4.69) is 18.8 Å². The molecule has 3 N–H and O–H groups in total. The Balaban J connectivity index is 2.60. The Hall–Kier alpha value is -1.55. The van der Waals surface area contributed by atoms with Gasteiger partial charge in [0.15, 0.2) is 5.58 Å². The van der Waals surface area contributed by atoms with E-state index in [0.29, 0.717) is 12.1 Å². The molecule has 2 aromatic rings. The van der Waals surface area contributed by atoms with E-state index in [4.69, 9.17) is 10.2 Å². The second kappa shape index (κ2) is 3.24. The lowest BCUT2D eigenvalue weighted by Crippen LogP contribution is -2.27. The Morgan fingerprint density at radius 1 is 1.47 bits per heavy atom. The van der Waals surface area contributed by atoms with Crippen LogP contribution < -0.4 is 11.5 Å². The van der Waals surface area contributed by atoms with Gasteiger partial charge in [-0.2, -0.15) is 0 Å². The van der Waals surface area contributed by atoms with Gasteiger partial charge in [0.25, 0.3) is 0 Å². The molecule has 4 heteroatoms. The summed E-state index contributed by atoms with van der Waals surface area (Å²) in [6.45, 7) is 4.68. The SMILES string of the molecule is CC(C)(CN)c1ccc2oc(=O)[nH]c2c1. The molecule has 2 rings (SSSR count). The number of aromatic nitrogens is 1. The van der Waals surface area contributed by atoms with E-state index in [1.807, 2.05) is 12.1 Å². The number of aromatic amines is 1. The van der Waals surface area contributed by atoms with E-state index >= 15 is 0 Å². The van der Waals surface area contributed by atoms with Gasteiger partial charge < -0.3 is 10.2 Å². The maximum atomic E-state index is 11.0. The van der Waals surface area contributed by atoms with Crippen molar-refractivity contribution in [3.8, 4) is 0 Å². The minimum Gasteiger partial charge on any atom is -0.408 e. The van der Waals surface area contributed by atoms with Crippen LogP contribution in [0.1, 0.15) is 19.4 Å². The van der Waals surface area contributed by atoms with Crippen molar-refractivity contribution >= 4 is 11.1 Å². The number of fused-ring (bicyclic) bond motifs is 1. The molecule has 0 atom stereocenters. The lowest BCUT2D eigenvalue weighted by atomic mass is 9.85. The summed E-state index contributed by atoms with van der Waals surface area (Å²) in [6, 6.07) is 5.64. The molecule has 1 heterocycles. The maximum absolute atomic E-state index is 11.0. The highest BCUT2D eigenvalue weighted by Gasteiger charge is 2.19. The molecule has 0 fully saturated rings. The van der Waals surface area contributed by atoms with Crippen LogP contribution in [-0.2, 0) is 5.41 Å². The number of hydrogen-bond donors (Lipinski definition) is 2. The lowest BCUT2D eigenvalue weighted by molar-refractivity contribution is 0.538. The van der Waals surface area contributed by atoms with Crippen molar-refractivity contribution in [3.05, 3.63) is 34.3 Å². The van der Waals surface area contributed by atoms with Crippen LogP contribution in [0.15, 0.2) is 27.4 Å². The third-order valence-electron chi connectivity index (χ3n) is 2.71. The molecule has 0 unspecified atom stereocenters. The van der Waals surface area contributed by atoms with Crippen LogP contribution in [0.25, 0.3) is 11.1 Å². The minimum atomic E-state index is -0.423. The first-order valence-corrected chi connectivity index (χ1v) is 4.86. The fourth-order valence-electron chi connectivity index (χ4n) is 1.49. The molecule has 4 nitrogen and oxygen atoms in total. The molecule has 15 heavy (non-hydrogen) atoms. The highest BCUT2D eigenvalue weighted by molar-refractivity contribution is 5.73. The molecule has 0 radical (unpaired) electrons. The first-order chi connectivity index (χ1) is 7.03. The summed E-state index contributed by atoms with van der Waals surface area (Å²) in [5.41, 5.74) is 7.99. The van der Waals surface area contributed by atoms with Crippen LogP contribution in [0, 0.1) is 0 Å². The highest BCUT2D eigenvalue weighted by atomic mass is 16.4. The molecule has 1 aromatic carbocycles. The van der Waals surface area contributed by atoms with Gasteiger partial charge in [0, 0.05) is 12.0 Å². The average Bonchev–Trinajstić information content (AvgIpc) is 2.56. The zero-order chi connectivity index (χ0) is 11.1. The van der Waals surface area contributed by atoms with Gasteiger partial charge in [-0.15, -0.1) is 0 Å². The van der Waals surface area contributed by atoms with Crippen molar-refractivity contribution in [1.29, 1.82) is 0 Å². The standard InChI is InChI=1S/C11H14N2O2/c1-11(2,6-12)7-3-4-9-8(5-7)13-10(14)15-9/h3-5H,6,12H2,1-2H3,(H,13,14). The Labute approximate surface area is 87.1 Å².